The molecule has 0 radical (unpaired) electrons. The SMILES string of the molecule is CC(C)NCCC(=O)NCc1ccc(C(C)C)cc1. The maximum Gasteiger partial charge on any atom is 0.221 e. The van der Waals surface area contributed by atoms with Crippen LogP contribution in [0.3, 0.4) is 0 Å². The Morgan fingerprint density at radius 3 is 2.26 bits per heavy atom. The number of carbonyl (C=O) groups is 1. The van der Waals surface area contributed by atoms with Crippen LogP contribution >= 0.6 is 0 Å². The van der Waals surface area contributed by atoms with E-state index in [0.717, 1.165) is 12.1 Å². The molecule has 3 nitrogen and oxygen atoms in total. The van der Waals surface area contributed by atoms with Crippen LogP contribution in [-0.4, -0.2) is 18.5 Å². The van der Waals surface area contributed by atoms with Gasteiger partial charge in [0.1, 0.15) is 0 Å². The number of carbonyl (C=O) groups excluding carboxylic acids is 1. The fourth-order valence-electron chi connectivity index (χ4n) is 1.78. The summed E-state index contributed by atoms with van der Waals surface area (Å²) in [6, 6.07) is 8.86. The van der Waals surface area contributed by atoms with Crippen LogP contribution in [0.15, 0.2) is 24.3 Å². The predicted octanol–water partition coefficient (Wildman–Crippen LogP) is 2.81. The van der Waals surface area contributed by atoms with Gasteiger partial charge in [0.15, 0.2) is 0 Å². The zero-order valence-electron chi connectivity index (χ0n) is 12.5. The summed E-state index contributed by atoms with van der Waals surface area (Å²) in [5.74, 6) is 0.645. The van der Waals surface area contributed by atoms with E-state index in [9.17, 15) is 4.79 Å². The summed E-state index contributed by atoms with van der Waals surface area (Å²) >= 11 is 0. The summed E-state index contributed by atoms with van der Waals surface area (Å²) in [6.07, 6.45) is 0.530. The molecule has 0 fully saturated rings. The zero-order valence-corrected chi connectivity index (χ0v) is 12.5. The lowest BCUT2D eigenvalue weighted by Gasteiger charge is -2.09. The van der Waals surface area contributed by atoms with E-state index < -0.39 is 0 Å². The minimum absolute atomic E-state index is 0.0982. The topological polar surface area (TPSA) is 41.1 Å². The fraction of sp³-hybridized carbons (Fsp3) is 0.562. The molecule has 3 heteroatoms. The van der Waals surface area contributed by atoms with E-state index in [1.54, 1.807) is 0 Å². The maximum atomic E-state index is 11.6. The lowest BCUT2D eigenvalue weighted by atomic mass is 10.0. The van der Waals surface area contributed by atoms with Crippen molar-refractivity contribution in [1.29, 1.82) is 0 Å². The van der Waals surface area contributed by atoms with Crippen LogP contribution in [-0.2, 0) is 11.3 Å². The molecule has 106 valence electrons. The summed E-state index contributed by atoms with van der Waals surface area (Å²) in [7, 11) is 0. The molecule has 0 heterocycles. The van der Waals surface area contributed by atoms with Crippen LogP contribution in [0.5, 0.6) is 0 Å². The second-order valence-corrected chi connectivity index (χ2v) is 5.53. The van der Waals surface area contributed by atoms with Crippen LogP contribution in [0.2, 0.25) is 0 Å². The van der Waals surface area contributed by atoms with Crippen molar-refractivity contribution in [3.05, 3.63) is 35.4 Å². The first-order chi connectivity index (χ1) is 8.99. The summed E-state index contributed by atoms with van der Waals surface area (Å²) < 4.78 is 0. The number of hydrogen-bond acceptors (Lipinski definition) is 2. The average Bonchev–Trinajstić information content (AvgIpc) is 2.36. The Labute approximate surface area is 116 Å². The highest BCUT2D eigenvalue weighted by atomic mass is 16.1. The van der Waals surface area contributed by atoms with Crippen molar-refractivity contribution in [2.24, 2.45) is 0 Å². The monoisotopic (exact) mass is 262 g/mol. The second-order valence-electron chi connectivity index (χ2n) is 5.53. The van der Waals surface area contributed by atoms with Gasteiger partial charge in [0.05, 0.1) is 0 Å². The van der Waals surface area contributed by atoms with Crippen LogP contribution in [0.1, 0.15) is 51.2 Å². The van der Waals surface area contributed by atoms with Crippen molar-refractivity contribution in [1.82, 2.24) is 10.6 Å². The molecule has 19 heavy (non-hydrogen) atoms. The Morgan fingerprint density at radius 2 is 1.74 bits per heavy atom. The maximum absolute atomic E-state index is 11.6. The summed E-state index contributed by atoms with van der Waals surface area (Å²) in [5, 5.41) is 6.18. The molecule has 0 aliphatic rings. The Kier molecular flexibility index (Phi) is 6.57. The van der Waals surface area contributed by atoms with Crippen molar-refractivity contribution >= 4 is 5.91 Å². The highest BCUT2D eigenvalue weighted by molar-refractivity contribution is 5.76. The Balaban J connectivity index is 2.30. The Morgan fingerprint density at radius 1 is 1.11 bits per heavy atom. The minimum Gasteiger partial charge on any atom is -0.352 e. The molecule has 1 rings (SSSR count). The number of amides is 1. The lowest BCUT2D eigenvalue weighted by Crippen LogP contribution is -2.30. The minimum atomic E-state index is 0.0982. The molecule has 0 saturated heterocycles. The number of benzene rings is 1. The molecule has 1 amide bonds. The number of hydrogen-bond donors (Lipinski definition) is 2. The van der Waals surface area contributed by atoms with Gasteiger partial charge in [0, 0.05) is 25.6 Å². The molecule has 0 atom stereocenters. The van der Waals surface area contributed by atoms with Crippen molar-refractivity contribution in [2.45, 2.75) is 52.6 Å². The van der Waals surface area contributed by atoms with Gasteiger partial charge in [-0.1, -0.05) is 52.0 Å². The van der Waals surface area contributed by atoms with Crippen LogP contribution in [0.25, 0.3) is 0 Å². The average molecular weight is 262 g/mol. The first-order valence-electron chi connectivity index (χ1n) is 7.08. The van der Waals surface area contributed by atoms with Gasteiger partial charge < -0.3 is 10.6 Å². The molecule has 0 aromatic heterocycles. The molecule has 1 aromatic carbocycles. The molecular weight excluding hydrogens is 236 g/mol. The quantitative estimate of drug-likeness (QED) is 0.793. The van der Waals surface area contributed by atoms with Gasteiger partial charge in [-0.25, -0.2) is 0 Å². The van der Waals surface area contributed by atoms with E-state index in [2.05, 4.69) is 62.6 Å². The van der Waals surface area contributed by atoms with E-state index >= 15 is 0 Å². The van der Waals surface area contributed by atoms with Gasteiger partial charge in [0.2, 0.25) is 5.91 Å². The van der Waals surface area contributed by atoms with Gasteiger partial charge in [-0.15, -0.1) is 0 Å². The van der Waals surface area contributed by atoms with E-state index in [4.69, 9.17) is 0 Å². The largest absolute Gasteiger partial charge is 0.352 e. The van der Waals surface area contributed by atoms with Crippen LogP contribution < -0.4 is 10.6 Å². The van der Waals surface area contributed by atoms with E-state index in [-0.39, 0.29) is 5.91 Å². The van der Waals surface area contributed by atoms with Gasteiger partial charge in [0.25, 0.3) is 0 Å². The van der Waals surface area contributed by atoms with Gasteiger partial charge in [-0.2, -0.15) is 0 Å². The smallest absolute Gasteiger partial charge is 0.221 e. The van der Waals surface area contributed by atoms with Crippen LogP contribution in [0.4, 0.5) is 0 Å². The molecule has 1 aromatic rings. The molecule has 0 unspecified atom stereocenters. The molecule has 0 spiro atoms. The van der Waals surface area contributed by atoms with Gasteiger partial charge >= 0.3 is 0 Å². The lowest BCUT2D eigenvalue weighted by molar-refractivity contribution is -0.121. The van der Waals surface area contributed by atoms with Crippen molar-refractivity contribution < 1.29 is 4.79 Å². The second kappa shape index (κ2) is 7.95. The third-order valence-corrected chi connectivity index (χ3v) is 3.04. The van der Waals surface area contributed by atoms with Crippen molar-refractivity contribution in [3.63, 3.8) is 0 Å². The Bertz CT molecular complexity index is 382. The standard InChI is InChI=1S/C16H26N2O/c1-12(2)15-7-5-14(6-8-15)11-18-16(19)9-10-17-13(3)4/h5-8,12-13,17H,9-11H2,1-4H3,(H,18,19). The normalized spacial score (nSPS) is 11.1. The fourth-order valence-corrected chi connectivity index (χ4v) is 1.78. The third-order valence-electron chi connectivity index (χ3n) is 3.04. The molecule has 0 saturated carbocycles. The predicted molar refractivity (Wildman–Crippen MR) is 80.1 cm³/mol. The first-order valence-corrected chi connectivity index (χ1v) is 7.08. The van der Waals surface area contributed by atoms with Crippen molar-refractivity contribution in [2.75, 3.05) is 6.54 Å². The summed E-state index contributed by atoms with van der Waals surface area (Å²) in [4.78, 5) is 11.6. The van der Waals surface area contributed by atoms with Crippen molar-refractivity contribution in [3.8, 4) is 0 Å². The van der Waals surface area contributed by atoms with E-state index in [1.165, 1.54) is 5.56 Å². The molecule has 0 bridgehead atoms. The van der Waals surface area contributed by atoms with Gasteiger partial charge in [-0.05, 0) is 17.0 Å². The van der Waals surface area contributed by atoms with Gasteiger partial charge in [-0.3, -0.25) is 4.79 Å². The molecular formula is C16H26N2O. The van der Waals surface area contributed by atoms with E-state index in [0.29, 0.717) is 24.9 Å². The highest BCUT2D eigenvalue weighted by Crippen LogP contribution is 2.14. The third kappa shape index (κ3) is 6.39. The Hall–Kier alpha value is -1.35. The molecule has 2 N–H and O–H groups in total. The number of rotatable bonds is 7. The highest BCUT2D eigenvalue weighted by Gasteiger charge is 2.03. The first kappa shape index (κ1) is 15.7. The zero-order chi connectivity index (χ0) is 14.3. The molecule has 0 aliphatic carbocycles. The van der Waals surface area contributed by atoms with E-state index in [1.807, 2.05) is 0 Å². The summed E-state index contributed by atoms with van der Waals surface area (Å²) in [6.45, 7) is 9.86. The number of nitrogens with one attached hydrogen (secondary N) is 2. The molecule has 0 aliphatic heterocycles. The van der Waals surface area contributed by atoms with Crippen LogP contribution in [0, 0.1) is 0 Å². The summed E-state index contributed by atoms with van der Waals surface area (Å²) in [5.41, 5.74) is 2.48.